The highest BCUT2D eigenvalue weighted by atomic mass is 15.2. The number of piperidine rings is 1. The summed E-state index contributed by atoms with van der Waals surface area (Å²) in [5.41, 5.74) is 3.93. The first-order valence-corrected chi connectivity index (χ1v) is 9.97. The fourth-order valence-electron chi connectivity index (χ4n) is 4.64. The molecule has 2 aliphatic heterocycles. The van der Waals surface area contributed by atoms with Gasteiger partial charge in [0.05, 0.1) is 17.4 Å². The Morgan fingerprint density at radius 2 is 1.59 bits per heavy atom. The van der Waals surface area contributed by atoms with Crippen molar-refractivity contribution in [3.05, 3.63) is 78.2 Å². The van der Waals surface area contributed by atoms with Crippen LogP contribution in [0.4, 0.5) is 0 Å². The average Bonchev–Trinajstić information content (AvgIpc) is 3.17. The number of rotatable bonds is 3. The van der Waals surface area contributed by atoms with E-state index in [2.05, 4.69) is 81.6 Å². The van der Waals surface area contributed by atoms with Crippen LogP contribution in [0.3, 0.4) is 0 Å². The molecular formula is C23H26N4. The molecular weight excluding hydrogens is 332 g/mol. The highest BCUT2D eigenvalue weighted by Crippen LogP contribution is 2.37. The second kappa shape index (κ2) is 6.95. The summed E-state index contributed by atoms with van der Waals surface area (Å²) in [6, 6.07) is 21.4. The maximum absolute atomic E-state index is 4.90. The van der Waals surface area contributed by atoms with Crippen LogP contribution in [-0.4, -0.2) is 34.1 Å². The zero-order valence-corrected chi connectivity index (χ0v) is 15.6. The number of likely N-dealkylation sites (tertiary alicyclic amines) is 1. The predicted octanol–water partition coefficient (Wildman–Crippen LogP) is 3.64. The number of aromatic nitrogens is 2. The summed E-state index contributed by atoms with van der Waals surface area (Å²) in [5.74, 6) is 1.23. The molecule has 0 amide bonds. The minimum atomic E-state index is 0.0263. The Morgan fingerprint density at radius 3 is 2.33 bits per heavy atom. The van der Waals surface area contributed by atoms with Gasteiger partial charge in [-0.15, -0.1) is 0 Å². The molecule has 1 spiro atoms. The maximum atomic E-state index is 4.90. The molecule has 0 bridgehead atoms. The van der Waals surface area contributed by atoms with Crippen molar-refractivity contribution in [2.24, 2.45) is 0 Å². The van der Waals surface area contributed by atoms with Gasteiger partial charge in [-0.05, 0) is 24.0 Å². The highest BCUT2D eigenvalue weighted by molar-refractivity contribution is 5.59. The Hall–Kier alpha value is -2.43. The zero-order valence-electron chi connectivity index (χ0n) is 15.6. The fourth-order valence-corrected chi connectivity index (χ4v) is 4.64. The molecule has 1 aromatic heterocycles. The van der Waals surface area contributed by atoms with Gasteiger partial charge in [0.25, 0.3) is 0 Å². The van der Waals surface area contributed by atoms with E-state index in [1.54, 1.807) is 0 Å². The van der Waals surface area contributed by atoms with E-state index in [1.165, 1.54) is 22.6 Å². The van der Waals surface area contributed by atoms with E-state index in [1.807, 2.05) is 0 Å². The Balaban J connectivity index is 1.36. The second-order valence-corrected chi connectivity index (χ2v) is 7.76. The predicted molar refractivity (Wildman–Crippen MR) is 108 cm³/mol. The van der Waals surface area contributed by atoms with E-state index in [0.29, 0.717) is 0 Å². The molecule has 5 rings (SSSR count). The molecule has 3 heterocycles. The molecule has 2 aromatic carbocycles. The fraction of sp³-hybridized carbons (Fsp3) is 0.348. The molecule has 1 fully saturated rings. The van der Waals surface area contributed by atoms with E-state index in [4.69, 9.17) is 4.98 Å². The molecule has 3 aromatic rings. The SMILES string of the molecule is c1ccc(CN2CCC3(CC2)NCCn2c(-c4ccccc4)cnc23)cc1. The van der Waals surface area contributed by atoms with Crippen molar-refractivity contribution in [2.45, 2.75) is 31.5 Å². The normalized spacial score (nSPS) is 19.1. The molecule has 0 radical (unpaired) electrons. The standard InChI is InChI=1S/C23H26N4/c1-3-7-19(8-4-1)18-26-14-11-23(12-15-26)22-24-17-21(27(22)16-13-25-23)20-9-5-2-6-10-20/h1-10,17,25H,11-16,18H2. The Labute approximate surface area is 160 Å². The molecule has 2 aliphatic rings. The second-order valence-electron chi connectivity index (χ2n) is 7.76. The summed E-state index contributed by atoms with van der Waals surface area (Å²) >= 11 is 0. The van der Waals surface area contributed by atoms with Crippen molar-refractivity contribution in [1.82, 2.24) is 19.8 Å². The Morgan fingerprint density at radius 1 is 0.889 bits per heavy atom. The maximum Gasteiger partial charge on any atom is 0.129 e. The Kier molecular flexibility index (Phi) is 4.30. The number of fused-ring (bicyclic) bond motifs is 2. The van der Waals surface area contributed by atoms with Crippen molar-refractivity contribution in [3.63, 3.8) is 0 Å². The van der Waals surface area contributed by atoms with Crippen molar-refractivity contribution >= 4 is 0 Å². The number of nitrogens with zero attached hydrogens (tertiary/aromatic N) is 3. The lowest BCUT2D eigenvalue weighted by atomic mass is 9.85. The molecule has 0 atom stereocenters. The van der Waals surface area contributed by atoms with Crippen LogP contribution < -0.4 is 5.32 Å². The van der Waals surface area contributed by atoms with Gasteiger partial charge >= 0.3 is 0 Å². The van der Waals surface area contributed by atoms with Crippen LogP contribution in [0.15, 0.2) is 66.9 Å². The Bertz CT molecular complexity index is 893. The quantitative estimate of drug-likeness (QED) is 0.776. The molecule has 138 valence electrons. The summed E-state index contributed by atoms with van der Waals surface area (Å²) in [5, 5.41) is 3.83. The van der Waals surface area contributed by atoms with Crippen LogP contribution in [0.5, 0.6) is 0 Å². The molecule has 0 unspecified atom stereocenters. The molecule has 4 heteroatoms. The number of nitrogens with one attached hydrogen (secondary N) is 1. The van der Waals surface area contributed by atoms with E-state index in [-0.39, 0.29) is 5.54 Å². The van der Waals surface area contributed by atoms with Gasteiger partial charge < -0.3 is 9.88 Å². The third-order valence-corrected chi connectivity index (χ3v) is 6.11. The van der Waals surface area contributed by atoms with E-state index in [9.17, 15) is 0 Å². The molecule has 27 heavy (non-hydrogen) atoms. The molecule has 0 saturated carbocycles. The first kappa shape index (κ1) is 16.7. The third-order valence-electron chi connectivity index (χ3n) is 6.11. The average molecular weight is 358 g/mol. The van der Waals surface area contributed by atoms with E-state index >= 15 is 0 Å². The van der Waals surface area contributed by atoms with Crippen molar-refractivity contribution in [2.75, 3.05) is 19.6 Å². The van der Waals surface area contributed by atoms with Crippen LogP contribution in [-0.2, 0) is 18.6 Å². The minimum absolute atomic E-state index is 0.0263. The van der Waals surface area contributed by atoms with Gasteiger partial charge in [-0.3, -0.25) is 4.90 Å². The summed E-state index contributed by atoms with van der Waals surface area (Å²) in [6.45, 7) is 5.27. The summed E-state index contributed by atoms with van der Waals surface area (Å²) in [4.78, 5) is 7.47. The van der Waals surface area contributed by atoms with E-state index < -0.39 is 0 Å². The van der Waals surface area contributed by atoms with Crippen molar-refractivity contribution < 1.29 is 0 Å². The molecule has 0 aliphatic carbocycles. The van der Waals surface area contributed by atoms with E-state index in [0.717, 1.165) is 45.6 Å². The van der Waals surface area contributed by atoms with Gasteiger partial charge in [-0.2, -0.15) is 0 Å². The zero-order chi connectivity index (χ0) is 18.1. The smallest absolute Gasteiger partial charge is 0.129 e. The number of hydrogen-bond donors (Lipinski definition) is 1. The van der Waals surface area contributed by atoms with Crippen molar-refractivity contribution in [3.8, 4) is 11.3 Å². The number of hydrogen-bond acceptors (Lipinski definition) is 3. The summed E-state index contributed by atoms with van der Waals surface area (Å²) in [6.07, 6.45) is 4.30. The lowest BCUT2D eigenvalue weighted by Crippen LogP contribution is -2.55. The van der Waals surface area contributed by atoms with Gasteiger partial charge in [-0.25, -0.2) is 4.98 Å². The van der Waals surface area contributed by atoms with Crippen LogP contribution in [0.1, 0.15) is 24.2 Å². The summed E-state index contributed by atoms with van der Waals surface area (Å²) in [7, 11) is 0. The largest absolute Gasteiger partial charge is 0.325 e. The van der Waals surface area contributed by atoms with Gasteiger partial charge in [-0.1, -0.05) is 60.7 Å². The van der Waals surface area contributed by atoms with Gasteiger partial charge in [0, 0.05) is 32.7 Å². The number of benzene rings is 2. The van der Waals surface area contributed by atoms with Crippen LogP contribution in [0.2, 0.25) is 0 Å². The van der Waals surface area contributed by atoms with Crippen molar-refractivity contribution in [1.29, 1.82) is 0 Å². The molecule has 1 N–H and O–H groups in total. The van der Waals surface area contributed by atoms with Gasteiger partial charge in [0.2, 0.25) is 0 Å². The first-order chi connectivity index (χ1) is 13.3. The van der Waals surface area contributed by atoms with Crippen LogP contribution in [0, 0.1) is 0 Å². The lowest BCUT2D eigenvalue weighted by Gasteiger charge is -2.44. The minimum Gasteiger partial charge on any atom is -0.325 e. The lowest BCUT2D eigenvalue weighted by molar-refractivity contribution is 0.109. The monoisotopic (exact) mass is 358 g/mol. The first-order valence-electron chi connectivity index (χ1n) is 9.97. The topological polar surface area (TPSA) is 33.1 Å². The summed E-state index contributed by atoms with van der Waals surface area (Å²) < 4.78 is 2.44. The van der Waals surface area contributed by atoms with Gasteiger partial charge in [0.1, 0.15) is 5.82 Å². The molecule has 1 saturated heterocycles. The molecule has 4 nitrogen and oxygen atoms in total. The van der Waals surface area contributed by atoms with Crippen LogP contribution in [0.25, 0.3) is 11.3 Å². The van der Waals surface area contributed by atoms with Gasteiger partial charge in [0.15, 0.2) is 0 Å². The highest BCUT2D eigenvalue weighted by Gasteiger charge is 2.41. The van der Waals surface area contributed by atoms with Crippen LogP contribution >= 0.6 is 0 Å². The number of imidazole rings is 1. The third kappa shape index (κ3) is 3.09.